The molecule has 2 heteroatoms. The Hall–Kier alpha value is -0.530. The molecule has 0 amide bonds. The van der Waals surface area contributed by atoms with Crippen molar-refractivity contribution >= 4 is 11.6 Å². The summed E-state index contributed by atoms with van der Waals surface area (Å²) in [7, 11) is 0. The lowest BCUT2D eigenvalue weighted by Gasteiger charge is -2.49. The number of nitrogens with one attached hydrogen (secondary N) is 1. The van der Waals surface area contributed by atoms with E-state index in [4.69, 9.17) is 11.6 Å². The van der Waals surface area contributed by atoms with Crippen molar-refractivity contribution < 1.29 is 0 Å². The highest BCUT2D eigenvalue weighted by atomic mass is 35.5. The van der Waals surface area contributed by atoms with Crippen LogP contribution in [0, 0.1) is 5.92 Å². The normalized spacial score (nSPS) is 28.8. The highest BCUT2D eigenvalue weighted by Crippen LogP contribution is 2.50. The van der Waals surface area contributed by atoms with Crippen LogP contribution in [-0.2, 0) is 5.41 Å². The van der Waals surface area contributed by atoms with Gasteiger partial charge >= 0.3 is 0 Å². The topological polar surface area (TPSA) is 12.0 Å². The van der Waals surface area contributed by atoms with E-state index in [0.29, 0.717) is 0 Å². The van der Waals surface area contributed by atoms with Gasteiger partial charge in [-0.1, -0.05) is 43.6 Å². The van der Waals surface area contributed by atoms with E-state index in [1.807, 2.05) is 12.1 Å². The first-order valence-corrected chi connectivity index (χ1v) is 6.54. The average molecular weight is 238 g/mol. The molecule has 1 saturated carbocycles. The van der Waals surface area contributed by atoms with Gasteiger partial charge in [0.05, 0.1) is 0 Å². The molecule has 0 spiro atoms. The second-order valence-corrected chi connectivity index (χ2v) is 5.26. The van der Waals surface area contributed by atoms with Gasteiger partial charge in [0, 0.05) is 17.0 Å². The Morgan fingerprint density at radius 1 is 1.44 bits per heavy atom. The van der Waals surface area contributed by atoms with Crippen LogP contribution in [0.2, 0.25) is 5.02 Å². The first-order valence-electron chi connectivity index (χ1n) is 6.16. The fourth-order valence-electron chi connectivity index (χ4n) is 2.75. The van der Waals surface area contributed by atoms with Crippen molar-refractivity contribution in [2.24, 2.45) is 5.92 Å². The van der Waals surface area contributed by atoms with E-state index < -0.39 is 0 Å². The maximum Gasteiger partial charge on any atom is 0.0444 e. The van der Waals surface area contributed by atoms with Crippen LogP contribution in [0.3, 0.4) is 0 Å². The zero-order valence-corrected chi connectivity index (χ0v) is 10.8. The molecule has 1 fully saturated rings. The highest BCUT2D eigenvalue weighted by Gasteiger charge is 2.45. The van der Waals surface area contributed by atoms with E-state index in [0.717, 1.165) is 24.0 Å². The third kappa shape index (κ3) is 1.87. The Bertz CT molecular complexity index is 364. The molecule has 0 bridgehead atoms. The standard InChI is InChI=1S/C14H20ClN/c1-3-16-10-14(9-8-11(14)2)12-6-4-5-7-13(12)15/h4-7,11,16H,3,8-10H2,1-2H3. The smallest absolute Gasteiger partial charge is 0.0444 e. The summed E-state index contributed by atoms with van der Waals surface area (Å²) < 4.78 is 0. The molecule has 16 heavy (non-hydrogen) atoms. The Morgan fingerprint density at radius 3 is 2.69 bits per heavy atom. The van der Waals surface area contributed by atoms with Gasteiger partial charge in [-0.15, -0.1) is 0 Å². The van der Waals surface area contributed by atoms with E-state index in [1.54, 1.807) is 0 Å². The summed E-state index contributed by atoms with van der Waals surface area (Å²) >= 11 is 6.34. The average Bonchev–Trinajstić information content (AvgIpc) is 2.30. The van der Waals surface area contributed by atoms with E-state index in [-0.39, 0.29) is 5.41 Å². The molecule has 2 rings (SSSR count). The number of halogens is 1. The molecule has 0 saturated heterocycles. The Morgan fingerprint density at radius 2 is 2.19 bits per heavy atom. The molecule has 2 atom stereocenters. The van der Waals surface area contributed by atoms with Crippen LogP contribution < -0.4 is 5.32 Å². The molecule has 0 heterocycles. The Balaban J connectivity index is 2.29. The zero-order chi connectivity index (χ0) is 11.6. The molecule has 1 nitrogen and oxygen atoms in total. The lowest BCUT2D eigenvalue weighted by atomic mass is 9.57. The quantitative estimate of drug-likeness (QED) is 0.844. The number of hydrogen-bond acceptors (Lipinski definition) is 1. The molecule has 1 aliphatic carbocycles. The van der Waals surface area contributed by atoms with Crippen LogP contribution in [0.25, 0.3) is 0 Å². The summed E-state index contributed by atoms with van der Waals surface area (Å²) in [4.78, 5) is 0. The van der Waals surface area contributed by atoms with Gasteiger partial charge < -0.3 is 5.32 Å². The summed E-state index contributed by atoms with van der Waals surface area (Å²) in [5, 5.41) is 4.41. The van der Waals surface area contributed by atoms with E-state index >= 15 is 0 Å². The van der Waals surface area contributed by atoms with Gasteiger partial charge in [0.1, 0.15) is 0 Å². The van der Waals surface area contributed by atoms with Crippen LogP contribution >= 0.6 is 11.6 Å². The molecule has 88 valence electrons. The molecule has 2 unspecified atom stereocenters. The van der Waals surface area contributed by atoms with E-state index in [1.165, 1.54) is 18.4 Å². The first kappa shape index (κ1) is 11.9. The Kier molecular flexibility index (Phi) is 3.56. The van der Waals surface area contributed by atoms with Crippen molar-refractivity contribution in [2.45, 2.75) is 32.1 Å². The molecule has 1 aromatic carbocycles. The number of hydrogen-bond donors (Lipinski definition) is 1. The second-order valence-electron chi connectivity index (χ2n) is 4.86. The van der Waals surface area contributed by atoms with Crippen molar-refractivity contribution in [1.29, 1.82) is 0 Å². The predicted molar refractivity (Wildman–Crippen MR) is 70.1 cm³/mol. The second kappa shape index (κ2) is 4.77. The third-order valence-corrected chi connectivity index (χ3v) is 4.40. The van der Waals surface area contributed by atoms with Crippen molar-refractivity contribution in [2.75, 3.05) is 13.1 Å². The zero-order valence-electron chi connectivity index (χ0n) is 10.1. The van der Waals surface area contributed by atoms with Crippen molar-refractivity contribution in [1.82, 2.24) is 5.32 Å². The minimum Gasteiger partial charge on any atom is -0.316 e. The summed E-state index contributed by atoms with van der Waals surface area (Å²) in [5.41, 5.74) is 1.60. The maximum atomic E-state index is 6.34. The fourth-order valence-corrected chi connectivity index (χ4v) is 3.08. The summed E-state index contributed by atoms with van der Waals surface area (Å²) in [6.07, 6.45) is 2.57. The minimum atomic E-state index is 0.272. The molecule has 0 radical (unpaired) electrons. The number of likely N-dealkylation sites (N-methyl/N-ethyl adjacent to an activating group) is 1. The summed E-state index contributed by atoms with van der Waals surface area (Å²) in [5.74, 6) is 0.728. The maximum absolute atomic E-state index is 6.34. The predicted octanol–water partition coefficient (Wildman–Crippen LogP) is 3.62. The van der Waals surface area contributed by atoms with Crippen LogP contribution in [0.15, 0.2) is 24.3 Å². The van der Waals surface area contributed by atoms with E-state index in [9.17, 15) is 0 Å². The number of benzene rings is 1. The molecule has 0 aliphatic heterocycles. The van der Waals surface area contributed by atoms with Gasteiger partial charge in [0.2, 0.25) is 0 Å². The lowest BCUT2D eigenvalue weighted by molar-refractivity contribution is 0.135. The molecular weight excluding hydrogens is 218 g/mol. The lowest BCUT2D eigenvalue weighted by Crippen LogP contribution is -2.50. The minimum absolute atomic E-state index is 0.272. The summed E-state index contributed by atoms with van der Waals surface area (Å²) in [6, 6.07) is 8.31. The fraction of sp³-hybridized carbons (Fsp3) is 0.571. The third-order valence-electron chi connectivity index (χ3n) is 4.07. The van der Waals surface area contributed by atoms with Gasteiger partial charge in [0.25, 0.3) is 0 Å². The first-order chi connectivity index (χ1) is 7.70. The van der Waals surface area contributed by atoms with Crippen molar-refractivity contribution in [3.8, 4) is 0 Å². The van der Waals surface area contributed by atoms with Crippen LogP contribution in [0.1, 0.15) is 32.3 Å². The largest absolute Gasteiger partial charge is 0.316 e. The molecular formula is C14H20ClN. The molecule has 1 N–H and O–H groups in total. The van der Waals surface area contributed by atoms with Gasteiger partial charge in [-0.3, -0.25) is 0 Å². The van der Waals surface area contributed by atoms with Crippen LogP contribution in [0.5, 0.6) is 0 Å². The Labute approximate surface area is 103 Å². The van der Waals surface area contributed by atoms with Crippen LogP contribution in [0.4, 0.5) is 0 Å². The molecule has 0 aromatic heterocycles. The molecule has 1 aromatic rings. The van der Waals surface area contributed by atoms with Gasteiger partial charge in [0.15, 0.2) is 0 Å². The van der Waals surface area contributed by atoms with E-state index in [2.05, 4.69) is 31.3 Å². The SMILES string of the molecule is CCNCC1(c2ccccc2Cl)CCC1C. The molecule has 1 aliphatic rings. The van der Waals surface area contributed by atoms with Gasteiger partial charge in [-0.2, -0.15) is 0 Å². The van der Waals surface area contributed by atoms with Gasteiger partial charge in [-0.25, -0.2) is 0 Å². The number of rotatable bonds is 4. The monoisotopic (exact) mass is 237 g/mol. The van der Waals surface area contributed by atoms with Crippen molar-refractivity contribution in [3.05, 3.63) is 34.9 Å². The van der Waals surface area contributed by atoms with Crippen LogP contribution in [-0.4, -0.2) is 13.1 Å². The summed E-state index contributed by atoms with van der Waals surface area (Å²) in [6.45, 7) is 6.57. The van der Waals surface area contributed by atoms with Crippen molar-refractivity contribution in [3.63, 3.8) is 0 Å². The highest BCUT2D eigenvalue weighted by molar-refractivity contribution is 6.31. The van der Waals surface area contributed by atoms with Gasteiger partial charge in [-0.05, 0) is 36.9 Å².